The first kappa shape index (κ1) is 27.5. The molecule has 0 bridgehead atoms. The van der Waals surface area contributed by atoms with Gasteiger partial charge >= 0.3 is 0 Å². The van der Waals surface area contributed by atoms with E-state index >= 15 is 0 Å². The number of hydrogen-bond donors (Lipinski definition) is 4. The van der Waals surface area contributed by atoms with E-state index in [4.69, 9.17) is 31.9 Å². The van der Waals surface area contributed by atoms with E-state index in [1.807, 2.05) is 26.8 Å². The van der Waals surface area contributed by atoms with Crippen LogP contribution < -0.4 is 22.5 Å². The van der Waals surface area contributed by atoms with Gasteiger partial charge < -0.3 is 32.0 Å². The third-order valence-corrected chi connectivity index (χ3v) is 4.13. The largest absolute Gasteiger partial charge is 0.483 e. The molecule has 0 aliphatic heterocycles. The SMILES string of the molecule is C=C(C)Nc1ccc(C#N)cn1.CC.CO/C(N)=C/C(=C\N)C1(OCC(N)=O)CCC1. The van der Waals surface area contributed by atoms with Gasteiger partial charge in [0.25, 0.3) is 0 Å². The minimum atomic E-state index is -0.549. The van der Waals surface area contributed by atoms with Gasteiger partial charge in [-0.2, -0.15) is 5.26 Å². The lowest BCUT2D eigenvalue weighted by Gasteiger charge is -2.42. The van der Waals surface area contributed by atoms with Crippen molar-refractivity contribution >= 4 is 11.7 Å². The normalized spacial score (nSPS) is 14.3. The molecule has 1 aliphatic rings. The van der Waals surface area contributed by atoms with Crippen molar-refractivity contribution < 1.29 is 14.3 Å². The highest BCUT2D eigenvalue weighted by atomic mass is 16.5. The minimum Gasteiger partial charge on any atom is -0.483 e. The number of nitrogens with two attached hydrogens (primary N) is 3. The van der Waals surface area contributed by atoms with Crippen molar-refractivity contribution in [2.24, 2.45) is 17.2 Å². The van der Waals surface area contributed by atoms with Crippen molar-refractivity contribution in [2.75, 3.05) is 19.0 Å². The van der Waals surface area contributed by atoms with Crippen molar-refractivity contribution in [3.05, 3.63) is 59.9 Å². The first-order valence-corrected chi connectivity index (χ1v) is 9.90. The van der Waals surface area contributed by atoms with Crippen LogP contribution in [0.25, 0.3) is 0 Å². The summed E-state index contributed by atoms with van der Waals surface area (Å²) < 4.78 is 10.4. The molecule has 9 heteroatoms. The summed E-state index contributed by atoms with van der Waals surface area (Å²) in [5.74, 6) is 0.452. The number of ether oxygens (including phenoxy) is 2. The second-order valence-electron chi connectivity index (χ2n) is 6.42. The lowest BCUT2D eigenvalue weighted by molar-refractivity contribution is -0.132. The zero-order chi connectivity index (χ0) is 23.9. The van der Waals surface area contributed by atoms with Crippen molar-refractivity contribution in [3.63, 3.8) is 0 Å². The summed E-state index contributed by atoms with van der Waals surface area (Å²) in [5.41, 5.74) is 17.8. The number of carbonyl (C=O) groups is 1. The number of primary amides is 1. The Hall–Kier alpha value is -3.51. The summed E-state index contributed by atoms with van der Waals surface area (Å²) >= 11 is 0. The predicted molar refractivity (Wildman–Crippen MR) is 122 cm³/mol. The number of nitrogens with zero attached hydrogens (tertiary/aromatic N) is 2. The van der Waals surface area contributed by atoms with Crippen LogP contribution in [0.3, 0.4) is 0 Å². The summed E-state index contributed by atoms with van der Waals surface area (Å²) in [7, 11) is 1.47. The molecule has 1 fully saturated rings. The molecule has 1 aromatic heterocycles. The highest BCUT2D eigenvalue weighted by Crippen LogP contribution is 2.42. The minimum absolute atomic E-state index is 0.127. The quantitative estimate of drug-likeness (QED) is 0.361. The fourth-order valence-electron chi connectivity index (χ4n) is 2.52. The summed E-state index contributed by atoms with van der Waals surface area (Å²) in [5, 5.41) is 11.4. The van der Waals surface area contributed by atoms with E-state index < -0.39 is 11.5 Å². The fourth-order valence-corrected chi connectivity index (χ4v) is 2.52. The van der Waals surface area contributed by atoms with Gasteiger partial charge in [0.05, 0.1) is 18.3 Å². The maximum Gasteiger partial charge on any atom is 0.243 e. The van der Waals surface area contributed by atoms with Gasteiger partial charge in [0, 0.05) is 29.7 Å². The second-order valence-corrected chi connectivity index (χ2v) is 6.42. The Morgan fingerprint density at radius 3 is 2.39 bits per heavy atom. The van der Waals surface area contributed by atoms with Crippen molar-refractivity contribution in [3.8, 4) is 6.07 Å². The monoisotopic (exact) mass is 430 g/mol. The van der Waals surface area contributed by atoms with Crippen LogP contribution in [0.5, 0.6) is 0 Å². The first-order chi connectivity index (χ1) is 14.8. The van der Waals surface area contributed by atoms with E-state index in [0.717, 1.165) is 25.0 Å². The maximum absolute atomic E-state index is 10.8. The van der Waals surface area contributed by atoms with E-state index in [1.165, 1.54) is 19.5 Å². The number of nitrogens with one attached hydrogen (secondary N) is 1. The van der Waals surface area contributed by atoms with Crippen LogP contribution in [0.4, 0.5) is 5.82 Å². The molecule has 1 heterocycles. The molecule has 31 heavy (non-hydrogen) atoms. The molecule has 0 radical (unpaired) electrons. The molecule has 9 nitrogen and oxygen atoms in total. The van der Waals surface area contributed by atoms with E-state index in [1.54, 1.807) is 18.2 Å². The molecule has 1 aliphatic carbocycles. The van der Waals surface area contributed by atoms with E-state index in [0.29, 0.717) is 17.0 Å². The highest BCUT2D eigenvalue weighted by Gasteiger charge is 2.41. The molecule has 0 aromatic carbocycles. The average Bonchev–Trinajstić information content (AvgIpc) is 2.73. The van der Waals surface area contributed by atoms with Gasteiger partial charge in [-0.25, -0.2) is 4.98 Å². The number of nitriles is 1. The molecule has 1 saturated carbocycles. The molecule has 1 aromatic rings. The average molecular weight is 431 g/mol. The molecular formula is C22H34N6O3. The molecule has 170 valence electrons. The Kier molecular flexibility index (Phi) is 12.8. The van der Waals surface area contributed by atoms with Gasteiger partial charge in [-0.05, 0) is 38.3 Å². The summed E-state index contributed by atoms with van der Waals surface area (Å²) in [6, 6.07) is 5.44. The number of pyridine rings is 1. The van der Waals surface area contributed by atoms with Gasteiger partial charge in [-0.1, -0.05) is 20.4 Å². The molecule has 7 N–H and O–H groups in total. The number of methoxy groups -OCH3 is 1. The number of aromatic nitrogens is 1. The Morgan fingerprint density at radius 2 is 2.03 bits per heavy atom. The van der Waals surface area contributed by atoms with Gasteiger partial charge in [-0.3, -0.25) is 4.79 Å². The van der Waals surface area contributed by atoms with Crippen molar-refractivity contribution in [2.45, 2.75) is 45.6 Å². The number of carbonyl (C=O) groups excluding carboxylic acids is 1. The molecule has 0 saturated heterocycles. The van der Waals surface area contributed by atoms with Crippen LogP contribution in [-0.4, -0.2) is 30.2 Å². The highest BCUT2D eigenvalue weighted by molar-refractivity contribution is 5.75. The zero-order valence-electron chi connectivity index (χ0n) is 18.8. The Balaban J connectivity index is 0.000000564. The smallest absolute Gasteiger partial charge is 0.243 e. The summed E-state index contributed by atoms with van der Waals surface area (Å²) in [6.07, 6.45) is 7.14. The predicted octanol–water partition coefficient (Wildman–Crippen LogP) is 2.63. The second kappa shape index (κ2) is 14.5. The van der Waals surface area contributed by atoms with Crippen molar-refractivity contribution in [1.82, 2.24) is 4.98 Å². The standard InChI is InChI=1S/C11H19N3O3.C9H9N3.C2H6/c1-16-10(14)5-8(6-12)11(3-2-4-11)17-7-9(13)15;1-7(2)12-9-4-3-8(5-10)6-11-9;1-2/h5-6H,2-4,7,12,14H2,1H3,(H2,13,15);3-4,6H,1H2,2H3,(H,11,12);1-2H3/b8-6+,10-5+;;. The van der Waals surface area contributed by atoms with Gasteiger partial charge in [0.1, 0.15) is 18.5 Å². The van der Waals surface area contributed by atoms with E-state index in [9.17, 15) is 4.79 Å². The van der Waals surface area contributed by atoms with E-state index in [-0.39, 0.29) is 12.5 Å². The molecular weight excluding hydrogens is 396 g/mol. The Bertz CT molecular complexity index is 806. The van der Waals surface area contributed by atoms with Crippen LogP contribution in [0.1, 0.15) is 45.6 Å². The van der Waals surface area contributed by atoms with Crippen LogP contribution in [-0.2, 0) is 14.3 Å². The van der Waals surface area contributed by atoms with Crippen LogP contribution in [0.15, 0.2) is 54.3 Å². The molecule has 0 atom stereocenters. The lowest BCUT2D eigenvalue weighted by atomic mass is 9.74. The molecule has 0 unspecified atom stereocenters. The van der Waals surface area contributed by atoms with Crippen LogP contribution >= 0.6 is 0 Å². The van der Waals surface area contributed by atoms with E-state index in [2.05, 4.69) is 16.9 Å². The van der Waals surface area contributed by atoms with Gasteiger partial charge in [-0.15, -0.1) is 0 Å². The number of allylic oxidation sites excluding steroid dienone is 1. The number of anilines is 1. The Labute approximate surface area is 184 Å². The molecule has 1 amide bonds. The fraction of sp³-hybridized carbons (Fsp3) is 0.409. The van der Waals surface area contributed by atoms with Crippen LogP contribution in [0, 0.1) is 11.3 Å². The van der Waals surface area contributed by atoms with Gasteiger partial charge in [0.15, 0.2) is 5.88 Å². The maximum atomic E-state index is 10.8. The molecule has 2 rings (SSSR count). The molecule has 0 spiro atoms. The number of rotatable bonds is 8. The zero-order valence-corrected chi connectivity index (χ0v) is 18.8. The van der Waals surface area contributed by atoms with Gasteiger partial charge in [0.2, 0.25) is 5.91 Å². The van der Waals surface area contributed by atoms with Crippen molar-refractivity contribution in [1.29, 1.82) is 5.26 Å². The van der Waals surface area contributed by atoms with Crippen LogP contribution in [0.2, 0.25) is 0 Å². The summed E-state index contributed by atoms with van der Waals surface area (Å²) in [6.45, 7) is 9.40. The summed E-state index contributed by atoms with van der Waals surface area (Å²) in [4.78, 5) is 14.8. The first-order valence-electron chi connectivity index (χ1n) is 9.90. The topological polar surface area (TPSA) is 162 Å². The third kappa shape index (κ3) is 9.69. The number of hydrogen-bond acceptors (Lipinski definition) is 8. The Morgan fingerprint density at radius 1 is 1.39 bits per heavy atom. The number of amides is 1. The third-order valence-electron chi connectivity index (χ3n) is 4.13. The lowest BCUT2D eigenvalue weighted by Crippen LogP contribution is -2.44.